The van der Waals surface area contributed by atoms with Crippen LogP contribution in [0.1, 0.15) is 0 Å². The molecular weight excluding hydrogens is 1500 g/mol. The van der Waals surface area contributed by atoms with E-state index in [1.807, 2.05) is 4.90 Å². The van der Waals surface area contributed by atoms with Crippen LogP contribution in [0.25, 0.3) is 21.5 Å². The first-order chi connectivity index (χ1) is 46.7. The van der Waals surface area contributed by atoms with Crippen LogP contribution in [-0.4, -0.2) is 160 Å². The van der Waals surface area contributed by atoms with Crippen molar-refractivity contribution in [3.05, 3.63) is 114 Å². The van der Waals surface area contributed by atoms with Crippen molar-refractivity contribution in [2.45, 2.75) is 34.3 Å². The van der Waals surface area contributed by atoms with Gasteiger partial charge in [-0.05, 0) is 120 Å². The number of hydrogen-bond donors (Lipinski definition) is 12. The van der Waals surface area contributed by atoms with E-state index in [1.165, 1.54) is 48.5 Å². The topological polar surface area (TPSA) is 584 Å². The van der Waals surface area contributed by atoms with Gasteiger partial charge >= 0.3 is 0 Å². The van der Waals surface area contributed by atoms with E-state index in [4.69, 9.17) is 33.7 Å². The van der Waals surface area contributed by atoms with Crippen molar-refractivity contribution >= 4 is 189 Å². The van der Waals surface area contributed by atoms with Gasteiger partial charge in [-0.2, -0.15) is 82.2 Å². The molecule has 3 heterocycles. The molecule has 0 amide bonds. The summed E-state index contributed by atoms with van der Waals surface area (Å²) in [5.74, 6) is -2.83. The number of azo groups is 3. The third-order valence-corrected chi connectivity index (χ3v) is 19.5. The summed E-state index contributed by atoms with van der Waals surface area (Å²) in [6.45, 7) is 1.70. The fraction of sp³-hybridized carbons (Fsp3) is 0.120. The van der Waals surface area contributed by atoms with Crippen molar-refractivity contribution in [3.63, 3.8) is 0 Å². The Morgan fingerprint density at radius 1 is 0.515 bits per heavy atom. The van der Waals surface area contributed by atoms with Crippen molar-refractivity contribution in [2.24, 2.45) is 30.7 Å². The fourth-order valence-electron chi connectivity index (χ4n) is 9.30. The molecule has 0 radical (unpaired) electrons. The Kier molecular flexibility index (Phi) is 22.1. The second-order valence-electron chi connectivity index (χ2n) is 19.8. The van der Waals surface area contributed by atoms with Crippen molar-refractivity contribution in [2.75, 3.05) is 60.1 Å². The Morgan fingerprint density at radius 2 is 1.11 bits per heavy atom. The van der Waals surface area contributed by atoms with Gasteiger partial charge in [0.1, 0.15) is 42.3 Å². The summed E-state index contributed by atoms with van der Waals surface area (Å²) >= 11 is 13.5. The summed E-state index contributed by atoms with van der Waals surface area (Å²) in [5.41, 5.74) is -3.20. The van der Waals surface area contributed by atoms with Gasteiger partial charge in [0.2, 0.25) is 34.4 Å². The molecule has 1 aliphatic rings. The maximum atomic E-state index is 13.3. The molecule has 1 saturated heterocycles. The largest absolute Gasteiger partial charge is 0.505 e. The maximum Gasteiger partial charge on any atom is 0.297 e. The van der Waals surface area contributed by atoms with Gasteiger partial charge in [-0.3, -0.25) is 27.7 Å². The number of anilines is 6. The summed E-state index contributed by atoms with van der Waals surface area (Å²) in [4.78, 5) is 24.4. The molecule has 12 N–H and O–H groups in total. The molecule has 0 saturated carbocycles. The fourth-order valence-corrected chi connectivity index (χ4v) is 13.8. The molecule has 0 bridgehead atoms. The number of rotatable bonds is 26. The molecule has 9 aromatic rings. The van der Waals surface area contributed by atoms with Gasteiger partial charge in [0.25, 0.3) is 50.6 Å². The number of aromatic hydroxyl groups is 2. The quantitative estimate of drug-likeness (QED) is 0.00788. The van der Waals surface area contributed by atoms with E-state index in [0.717, 1.165) is 48.5 Å². The Hall–Kier alpha value is -8.77. The average molecular weight is 1540 g/mol. The van der Waals surface area contributed by atoms with Crippen molar-refractivity contribution in [3.8, 4) is 11.5 Å². The van der Waals surface area contributed by atoms with Crippen LogP contribution in [0.3, 0.4) is 0 Å². The summed E-state index contributed by atoms with van der Waals surface area (Å²) in [7, 11) is -25.7. The molecule has 40 nitrogen and oxygen atoms in total. The number of halogens is 2. The van der Waals surface area contributed by atoms with Crippen LogP contribution in [0.2, 0.25) is 10.6 Å². The molecule has 520 valence electrons. The zero-order chi connectivity index (χ0) is 71.4. The highest BCUT2D eigenvalue weighted by atomic mass is 35.5. The lowest BCUT2D eigenvalue weighted by Gasteiger charge is -2.34. The Labute approximate surface area is 574 Å². The van der Waals surface area contributed by atoms with E-state index >= 15 is 0 Å². The van der Waals surface area contributed by atoms with E-state index < -0.39 is 142 Å². The number of phenols is 2. The van der Waals surface area contributed by atoms with Crippen LogP contribution in [0.4, 0.5) is 69.3 Å². The van der Waals surface area contributed by atoms with Gasteiger partial charge in [-0.15, -0.1) is 29.1 Å². The van der Waals surface area contributed by atoms with Crippen molar-refractivity contribution < 1.29 is 104 Å². The molecule has 0 aliphatic carbocycles. The minimum absolute atomic E-state index is 0.0150. The summed E-state index contributed by atoms with van der Waals surface area (Å²) < 4.78 is 186. The minimum atomic E-state index is -5.35. The molecule has 2 aromatic heterocycles. The molecule has 1 fully saturated rings. The van der Waals surface area contributed by atoms with Gasteiger partial charge in [0, 0.05) is 60.3 Å². The van der Waals surface area contributed by atoms with Gasteiger partial charge in [-0.25, -0.2) is 10.5 Å². The standard InChI is InChI=1S/C50H41Cl2N17O23S7/c51-45-56-47(60-48(57-45)55-34-22-28(95(74,75)76)19-24-20-38(98(83,84)85)41(43(71)39(24)34)67-64-31-3-1-2-4-36(31)96(77,78)79)53-13-14-68-15-17-69(18-16-68)50-59-46(52)58-49(61-50)54-33-12-10-29-30(44(33)99(86,87)88)23-35(94-92-90-73)40(42(29)70)66-65-32-11-7-26(21-37(32)97(80,81)82)63-62-25-5-8-27(9-6-25)93-91-89-72/h1-12,19-23,70-73H,13-18H2,(H,74,75,76)(H,77,78,79)(H,80,81,82)(H,83,84,85)(H,86,87,88)(H,54,58,59,61)(H2,53,55,56,57,60). The summed E-state index contributed by atoms with van der Waals surface area (Å²) in [5, 5.41) is 77.1. The monoisotopic (exact) mass is 1540 g/mol. The summed E-state index contributed by atoms with van der Waals surface area (Å²) in [6, 6.07) is 19.3. The summed E-state index contributed by atoms with van der Waals surface area (Å²) in [6.07, 6.45) is 0. The van der Waals surface area contributed by atoms with Crippen molar-refractivity contribution in [1.82, 2.24) is 34.8 Å². The third kappa shape index (κ3) is 17.8. The molecular formula is C50H41Cl2N17O23S7. The van der Waals surface area contributed by atoms with Gasteiger partial charge < -0.3 is 31.1 Å². The van der Waals surface area contributed by atoms with Crippen LogP contribution < -0.4 is 20.9 Å². The number of nitrogens with one attached hydrogen (secondary N) is 3. The highest BCUT2D eigenvalue weighted by molar-refractivity contribution is 7.95. The molecule has 10 rings (SSSR count). The lowest BCUT2D eigenvalue weighted by Crippen LogP contribution is -2.48. The molecule has 1 aliphatic heterocycles. The molecule has 0 spiro atoms. The van der Waals surface area contributed by atoms with Gasteiger partial charge in [-0.1, -0.05) is 22.2 Å². The van der Waals surface area contributed by atoms with E-state index in [0.29, 0.717) is 42.6 Å². The second-order valence-corrected chi connectivity index (χ2v) is 28.9. The first-order valence-corrected chi connectivity index (χ1v) is 36.2. The number of piperazine rings is 1. The first-order valence-electron chi connectivity index (χ1n) is 26.8. The minimum Gasteiger partial charge on any atom is -0.505 e. The molecule has 99 heavy (non-hydrogen) atoms. The molecule has 0 unspecified atom stereocenters. The van der Waals surface area contributed by atoms with Crippen LogP contribution >= 0.6 is 47.3 Å². The Balaban J connectivity index is 0.837. The highest BCUT2D eigenvalue weighted by Crippen LogP contribution is 2.49. The highest BCUT2D eigenvalue weighted by Gasteiger charge is 2.30. The smallest absolute Gasteiger partial charge is 0.297 e. The van der Waals surface area contributed by atoms with Crippen LogP contribution in [0, 0.1) is 0 Å². The van der Waals surface area contributed by atoms with Crippen molar-refractivity contribution in [1.29, 1.82) is 0 Å². The number of aromatic nitrogens is 6. The second kappa shape index (κ2) is 30.0. The molecule has 0 atom stereocenters. The lowest BCUT2D eigenvalue weighted by molar-refractivity contribution is -0.432. The van der Waals surface area contributed by atoms with Gasteiger partial charge in [0.15, 0.2) is 11.5 Å². The lowest BCUT2D eigenvalue weighted by atomic mass is 10.1. The first kappa shape index (κ1) is 73.0. The number of fused-ring (bicyclic) bond motifs is 2. The number of phenolic OH excluding ortho intramolecular Hbond substituents is 2. The Bertz CT molecular complexity index is 5370. The van der Waals surface area contributed by atoms with E-state index in [9.17, 15) is 75.1 Å². The average Bonchev–Trinajstić information content (AvgIpc) is 0.753. The van der Waals surface area contributed by atoms with E-state index in [2.05, 4.69) is 95.3 Å². The van der Waals surface area contributed by atoms with E-state index in [-0.39, 0.29) is 82.1 Å². The van der Waals surface area contributed by atoms with E-state index in [1.54, 1.807) is 4.90 Å². The normalized spacial score (nSPS) is 13.8. The number of hydrogen-bond acceptors (Lipinski definition) is 37. The van der Waals surface area contributed by atoms with Crippen LogP contribution in [-0.2, 0) is 69.3 Å². The zero-order valence-electron chi connectivity index (χ0n) is 48.7. The molecule has 49 heteroatoms. The van der Waals surface area contributed by atoms with Crippen LogP contribution in [0.15, 0.2) is 168 Å². The zero-order valence-corrected chi connectivity index (χ0v) is 55.9. The third-order valence-electron chi connectivity index (χ3n) is 13.5. The molecule has 7 aromatic carbocycles. The number of benzene rings is 7. The predicted octanol–water partition coefficient (Wildman–Crippen LogP) is 10.1. The predicted molar refractivity (Wildman–Crippen MR) is 347 cm³/mol. The number of nitrogens with zero attached hydrogens (tertiary/aromatic N) is 14. The maximum absolute atomic E-state index is 13.3. The van der Waals surface area contributed by atoms with Gasteiger partial charge in [0.05, 0.1) is 56.6 Å². The SMILES string of the molecule is O=S(=O)(O)c1cc(Nc2nc(Cl)nc(NCCN3CCN(c4nc(Cl)nc(Nc5ccc6c(O)c(N=Nc7ccc(N=Nc8ccc(SOOO)cc8)cc7S(=O)(=O)O)c(SOOO)cc6c5S(=O)(=O)O)n4)CC3)n2)c2c(O)c(N=Nc3ccccc3S(=O)(=O)O)c(S(=O)(=O)O)cc2c1. The Morgan fingerprint density at radius 3 is 1.77 bits per heavy atom. The van der Waals surface area contributed by atoms with Crippen LogP contribution in [0.5, 0.6) is 11.5 Å².